The SMILES string of the molecule is CO[SiH](OC)OC(C)CCCCCCc1cc(F)c(F)c(F)c1F. The summed E-state index contributed by atoms with van der Waals surface area (Å²) in [4.78, 5) is 0. The van der Waals surface area contributed by atoms with Crippen molar-refractivity contribution in [3.63, 3.8) is 0 Å². The van der Waals surface area contributed by atoms with Gasteiger partial charge in [-0.2, -0.15) is 0 Å². The van der Waals surface area contributed by atoms with Gasteiger partial charge in [0, 0.05) is 20.3 Å². The second-order valence-corrected chi connectivity index (χ2v) is 7.41. The minimum Gasteiger partial charge on any atom is -0.379 e. The standard InChI is InChI=1S/C16H24F4O3Si/c1-11(23-24(21-2)22-3)8-6-4-5-7-9-12-10-13(17)15(19)16(20)14(12)18/h10-11,24H,4-9H2,1-3H3. The summed E-state index contributed by atoms with van der Waals surface area (Å²) >= 11 is 0. The van der Waals surface area contributed by atoms with Crippen LogP contribution in [0.2, 0.25) is 0 Å². The van der Waals surface area contributed by atoms with E-state index in [1.54, 1.807) is 14.2 Å². The molecule has 1 aromatic rings. The highest BCUT2D eigenvalue weighted by atomic mass is 28.3. The molecule has 1 atom stereocenters. The van der Waals surface area contributed by atoms with Gasteiger partial charge in [0.15, 0.2) is 23.3 Å². The van der Waals surface area contributed by atoms with Gasteiger partial charge in [0.1, 0.15) is 0 Å². The zero-order chi connectivity index (χ0) is 18.1. The van der Waals surface area contributed by atoms with Gasteiger partial charge in [-0.25, -0.2) is 17.6 Å². The number of halogens is 4. The predicted octanol–water partition coefficient (Wildman–Crippen LogP) is 4.15. The Kier molecular flexibility index (Phi) is 9.49. The lowest BCUT2D eigenvalue weighted by Gasteiger charge is -2.17. The number of rotatable bonds is 11. The van der Waals surface area contributed by atoms with Crippen LogP contribution in [0.3, 0.4) is 0 Å². The molecule has 0 saturated heterocycles. The number of unbranched alkanes of at least 4 members (excludes halogenated alkanes) is 3. The van der Waals surface area contributed by atoms with Crippen LogP contribution in [0.1, 0.15) is 44.6 Å². The first-order valence-electron chi connectivity index (χ1n) is 7.93. The Morgan fingerprint density at radius 1 is 0.917 bits per heavy atom. The lowest BCUT2D eigenvalue weighted by atomic mass is 10.0. The maximum Gasteiger partial charge on any atom is 0.483 e. The highest BCUT2D eigenvalue weighted by Crippen LogP contribution is 2.21. The molecule has 0 spiro atoms. The highest BCUT2D eigenvalue weighted by molar-refractivity contribution is 6.36. The summed E-state index contributed by atoms with van der Waals surface area (Å²) in [5.41, 5.74) is -0.128. The quantitative estimate of drug-likeness (QED) is 0.193. The van der Waals surface area contributed by atoms with Crippen molar-refractivity contribution in [2.45, 2.75) is 51.6 Å². The van der Waals surface area contributed by atoms with Crippen molar-refractivity contribution in [1.29, 1.82) is 0 Å². The summed E-state index contributed by atoms with van der Waals surface area (Å²) in [5.74, 6) is -6.17. The summed E-state index contributed by atoms with van der Waals surface area (Å²) in [6.45, 7) is 1.94. The van der Waals surface area contributed by atoms with E-state index in [0.29, 0.717) is 6.42 Å². The Labute approximate surface area is 141 Å². The molecular weight excluding hydrogens is 344 g/mol. The molecule has 0 radical (unpaired) electrons. The number of benzene rings is 1. The molecule has 0 heterocycles. The van der Waals surface area contributed by atoms with Gasteiger partial charge in [-0.3, -0.25) is 0 Å². The third-order valence-electron chi connectivity index (χ3n) is 3.71. The van der Waals surface area contributed by atoms with Crippen LogP contribution < -0.4 is 0 Å². The minimum absolute atomic E-state index is 0.0271. The summed E-state index contributed by atoms with van der Waals surface area (Å²) in [5, 5.41) is 0. The first-order chi connectivity index (χ1) is 11.4. The summed E-state index contributed by atoms with van der Waals surface area (Å²) in [6, 6.07) is 0.726. The van der Waals surface area contributed by atoms with Crippen LogP contribution >= 0.6 is 0 Å². The van der Waals surface area contributed by atoms with Crippen LogP contribution in [0.4, 0.5) is 17.6 Å². The fourth-order valence-corrected chi connectivity index (χ4v) is 3.30. The first kappa shape index (κ1) is 21.1. The Bertz CT molecular complexity index is 513. The molecule has 0 aliphatic carbocycles. The maximum atomic E-state index is 13.5. The normalized spacial score (nSPS) is 12.8. The van der Waals surface area contributed by atoms with Crippen molar-refractivity contribution in [2.75, 3.05) is 14.2 Å². The third kappa shape index (κ3) is 6.50. The second kappa shape index (κ2) is 10.8. The minimum atomic E-state index is -2.02. The molecule has 0 saturated carbocycles. The van der Waals surface area contributed by atoms with Crippen molar-refractivity contribution in [3.05, 3.63) is 34.9 Å². The molecule has 3 nitrogen and oxygen atoms in total. The largest absolute Gasteiger partial charge is 0.483 e. The van der Waals surface area contributed by atoms with Crippen molar-refractivity contribution in [2.24, 2.45) is 0 Å². The van der Waals surface area contributed by atoms with E-state index in [0.717, 1.165) is 31.7 Å². The topological polar surface area (TPSA) is 27.7 Å². The predicted molar refractivity (Wildman–Crippen MR) is 84.8 cm³/mol. The first-order valence-corrected chi connectivity index (χ1v) is 9.35. The number of hydrogen-bond acceptors (Lipinski definition) is 3. The molecule has 0 amide bonds. The monoisotopic (exact) mass is 368 g/mol. The maximum absolute atomic E-state index is 13.5. The lowest BCUT2D eigenvalue weighted by Crippen LogP contribution is -2.28. The lowest BCUT2D eigenvalue weighted by molar-refractivity contribution is 0.0892. The molecule has 0 N–H and O–H groups in total. The van der Waals surface area contributed by atoms with Gasteiger partial charge in [0.05, 0.1) is 0 Å². The molecule has 138 valence electrons. The van der Waals surface area contributed by atoms with E-state index in [-0.39, 0.29) is 18.1 Å². The molecule has 0 fully saturated rings. The molecule has 1 unspecified atom stereocenters. The van der Waals surface area contributed by atoms with E-state index < -0.39 is 32.8 Å². The Morgan fingerprint density at radius 3 is 2.17 bits per heavy atom. The van der Waals surface area contributed by atoms with Crippen molar-refractivity contribution in [3.8, 4) is 0 Å². The van der Waals surface area contributed by atoms with E-state index >= 15 is 0 Å². The third-order valence-corrected chi connectivity index (χ3v) is 5.17. The Morgan fingerprint density at radius 2 is 1.54 bits per heavy atom. The molecule has 24 heavy (non-hydrogen) atoms. The highest BCUT2D eigenvalue weighted by Gasteiger charge is 2.18. The Balaban J connectivity index is 2.25. The van der Waals surface area contributed by atoms with Crippen molar-refractivity contribution in [1.82, 2.24) is 0 Å². The van der Waals surface area contributed by atoms with E-state index in [1.165, 1.54) is 0 Å². The zero-order valence-corrected chi connectivity index (χ0v) is 15.4. The van der Waals surface area contributed by atoms with Crippen LogP contribution in [0.15, 0.2) is 6.07 Å². The zero-order valence-electron chi connectivity index (χ0n) is 14.2. The van der Waals surface area contributed by atoms with Crippen LogP contribution in [-0.4, -0.2) is 29.9 Å². The molecular formula is C16H24F4O3Si. The van der Waals surface area contributed by atoms with Gasteiger partial charge in [0.2, 0.25) is 0 Å². The van der Waals surface area contributed by atoms with Crippen LogP contribution in [-0.2, 0) is 19.7 Å². The molecule has 0 bridgehead atoms. The summed E-state index contributed by atoms with van der Waals surface area (Å²) in [6.07, 6.45) is 4.18. The summed E-state index contributed by atoms with van der Waals surface area (Å²) in [7, 11) is 1.08. The van der Waals surface area contributed by atoms with Crippen LogP contribution in [0.25, 0.3) is 0 Å². The fourth-order valence-electron chi connectivity index (χ4n) is 2.37. The Hall–Kier alpha value is -0.963. The number of hydrogen-bond donors (Lipinski definition) is 0. The average Bonchev–Trinajstić information content (AvgIpc) is 2.58. The van der Waals surface area contributed by atoms with Crippen LogP contribution in [0, 0.1) is 23.3 Å². The van der Waals surface area contributed by atoms with E-state index in [2.05, 4.69) is 0 Å². The van der Waals surface area contributed by atoms with Gasteiger partial charge in [-0.15, -0.1) is 0 Å². The molecule has 8 heteroatoms. The van der Waals surface area contributed by atoms with Gasteiger partial charge >= 0.3 is 9.53 Å². The van der Waals surface area contributed by atoms with Crippen molar-refractivity contribution < 1.29 is 30.8 Å². The molecule has 0 aromatic heterocycles. The van der Waals surface area contributed by atoms with E-state index in [9.17, 15) is 17.6 Å². The second-order valence-electron chi connectivity index (χ2n) is 5.62. The fraction of sp³-hybridized carbons (Fsp3) is 0.625. The van der Waals surface area contributed by atoms with Gasteiger partial charge in [-0.05, 0) is 37.8 Å². The van der Waals surface area contributed by atoms with E-state index in [4.69, 9.17) is 13.3 Å². The molecule has 0 aliphatic heterocycles. The molecule has 0 aliphatic rings. The van der Waals surface area contributed by atoms with Gasteiger partial charge < -0.3 is 13.3 Å². The van der Waals surface area contributed by atoms with E-state index in [1.807, 2.05) is 6.92 Å². The molecule has 1 rings (SSSR count). The van der Waals surface area contributed by atoms with Crippen molar-refractivity contribution >= 4 is 9.53 Å². The van der Waals surface area contributed by atoms with Gasteiger partial charge in [-0.1, -0.05) is 19.3 Å². The smallest absolute Gasteiger partial charge is 0.379 e. The van der Waals surface area contributed by atoms with Gasteiger partial charge in [0.25, 0.3) is 0 Å². The average molecular weight is 368 g/mol. The summed E-state index contributed by atoms with van der Waals surface area (Å²) < 4.78 is 68.3. The van der Waals surface area contributed by atoms with Crippen LogP contribution in [0.5, 0.6) is 0 Å². The number of aryl methyl sites for hydroxylation is 1. The molecule has 1 aromatic carbocycles.